The molecular formula is C18H22N4O2. The van der Waals surface area contributed by atoms with Crippen molar-refractivity contribution in [2.24, 2.45) is 5.92 Å². The van der Waals surface area contributed by atoms with Crippen LogP contribution in [0.2, 0.25) is 0 Å². The number of nitrogens with zero attached hydrogens (tertiary/aromatic N) is 2. The van der Waals surface area contributed by atoms with Crippen LogP contribution in [0, 0.1) is 5.92 Å². The van der Waals surface area contributed by atoms with Gasteiger partial charge in [0.15, 0.2) is 0 Å². The average Bonchev–Trinajstić information content (AvgIpc) is 2.58. The van der Waals surface area contributed by atoms with Gasteiger partial charge >= 0.3 is 0 Å². The average molecular weight is 326 g/mol. The zero-order valence-corrected chi connectivity index (χ0v) is 13.7. The second-order valence-corrected chi connectivity index (χ2v) is 6.32. The van der Waals surface area contributed by atoms with E-state index in [9.17, 15) is 9.59 Å². The molecule has 6 nitrogen and oxygen atoms in total. The molecule has 2 unspecified atom stereocenters. The van der Waals surface area contributed by atoms with E-state index in [1.165, 1.54) is 6.20 Å². The Morgan fingerprint density at radius 3 is 2.96 bits per heavy atom. The maximum Gasteiger partial charge on any atom is 0.260 e. The van der Waals surface area contributed by atoms with E-state index in [1.54, 1.807) is 12.1 Å². The van der Waals surface area contributed by atoms with Crippen LogP contribution in [0.15, 0.2) is 47.5 Å². The molecular weight excluding hydrogens is 304 g/mol. The molecule has 0 spiro atoms. The number of amides is 1. The van der Waals surface area contributed by atoms with E-state index in [4.69, 9.17) is 0 Å². The molecule has 2 N–H and O–H groups in total. The van der Waals surface area contributed by atoms with Gasteiger partial charge in [-0.3, -0.25) is 19.5 Å². The monoisotopic (exact) mass is 326 g/mol. The number of aromatic amines is 1. The molecule has 1 aliphatic heterocycles. The second kappa shape index (κ2) is 7.40. The number of aromatic nitrogens is 2. The Morgan fingerprint density at radius 1 is 1.38 bits per heavy atom. The second-order valence-electron chi connectivity index (χ2n) is 6.32. The van der Waals surface area contributed by atoms with E-state index < -0.39 is 0 Å². The number of nitrogens with one attached hydrogen (secondary N) is 2. The van der Waals surface area contributed by atoms with E-state index in [1.807, 2.05) is 24.4 Å². The van der Waals surface area contributed by atoms with E-state index >= 15 is 0 Å². The Hall–Kier alpha value is -2.47. The lowest BCUT2D eigenvalue weighted by atomic mass is 9.93. The third-order valence-electron chi connectivity index (χ3n) is 4.48. The van der Waals surface area contributed by atoms with E-state index in [2.05, 4.69) is 27.1 Å². The number of carbonyl (C=O) groups excluding carboxylic acids is 1. The Morgan fingerprint density at radius 2 is 2.25 bits per heavy atom. The van der Waals surface area contributed by atoms with Crippen molar-refractivity contribution in [1.29, 1.82) is 0 Å². The Balaban J connectivity index is 1.57. The Labute approximate surface area is 140 Å². The first-order valence-electron chi connectivity index (χ1n) is 8.24. The van der Waals surface area contributed by atoms with Crippen LogP contribution in [-0.2, 0) is 6.54 Å². The molecule has 0 radical (unpaired) electrons. The molecule has 1 fully saturated rings. The molecule has 3 heterocycles. The molecule has 0 saturated carbocycles. The summed E-state index contributed by atoms with van der Waals surface area (Å²) in [5.74, 6) is 0.0149. The number of hydrogen-bond donors (Lipinski definition) is 2. The summed E-state index contributed by atoms with van der Waals surface area (Å²) in [6, 6.07) is 9.23. The van der Waals surface area contributed by atoms with Crippen LogP contribution >= 0.6 is 0 Å². The lowest BCUT2D eigenvalue weighted by Crippen LogP contribution is -2.50. The van der Waals surface area contributed by atoms with Gasteiger partial charge < -0.3 is 10.3 Å². The smallest absolute Gasteiger partial charge is 0.260 e. The highest BCUT2D eigenvalue weighted by Crippen LogP contribution is 2.18. The van der Waals surface area contributed by atoms with Crippen molar-refractivity contribution in [3.63, 3.8) is 0 Å². The number of pyridine rings is 2. The lowest BCUT2D eigenvalue weighted by Gasteiger charge is -2.37. The zero-order chi connectivity index (χ0) is 16.9. The summed E-state index contributed by atoms with van der Waals surface area (Å²) in [6.45, 7) is 4.75. The van der Waals surface area contributed by atoms with Crippen LogP contribution in [0.1, 0.15) is 29.4 Å². The van der Waals surface area contributed by atoms with Crippen LogP contribution in [0.25, 0.3) is 0 Å². The minimum Gasteiger partial charge on any atom is -0.349 e. The summed E-state index contributed by atoms with van der Waals surface area (Å²) in [7, 11) is 0. The minimum absolute atomic E-state index is 0.0806. The number of carbonyl (C=O) groups is 1. The quantitative estimate of drug-likeness (QED) is 0.890. The van der Waals surface area contributed by atoms with Gasteiger partial charge in [-0.15, -0.1) is 0 Å². The fourth-order valence-electron chi connectivity index (χ4n) is 3.16. The largest absolute Gasteiger partial charge is 0.349 e. The van der Waals surface area contributed by atoms with Gasteiger partial charge in [0.1, 0.15) is 5.56 Å². The predicted molar refractivity (Wildman–Crippen MR) is 91.6 cm³/mol. The SMILES string of the molecule is CC1CN(Cc2ccccn2)CCC1NC(=O)c1ccc[nH]c1=O. The van der Waals surface area contributed by atoms with Gasteiger partial charge in [-0.25, -0.2) is 0 Å². The molecule has 2 aromatic heterocycles. The number of piperidine rings is 1. The van der Waals surface area contributed by atoms with Gasteiger partial charge in [-0.05, 0) is 36.6 Å². The molecule has 2 aromatic rings. The lowest BCUT2D eigenvalue weighted by molar-refractivity contribution is 0.0858. The molecule has 0 aliphatic carbocycles. The maximum absolute atomic E-state index is 12.3. The van der Waals surface area contributed by atoms with Crippen LogP contribution in [0.5, 0.6) is 0 Å². The number of rotatable bonds is 4. The van der Waals surface area contributed by atoms with Crippen LogP contribution in [-0.4, -0.2) is 39.9 Å². The van der Waals surface area contributed by atoms with Crippen molar-refractivity contribution in [3.05, 3.63) is 64.3 Å². The normalized spacial score (nSPS) is 21.4. The summed E-state index contributed by atoms with van der Waals surface area (Å²) in [5.41, 5.74) is 0.874. The van der Waals surface area contributed by atoms with Gasteiger partial charge in [-0.1, -0.05) is 13.0 Å². The Kier molecular flexibility index (Phi) is 5.05. The van der Waals surface area contributed by atoms with Crippen molar-refractivity contribution in [3.8, 4) is 0 Å². The number of H-pyrrole nitrogens is 1. The molecule has 0 bridgehead atoms. The molecule has 1 amide bonds. The van der Waals surface area contributed by atoms with Gasteiger partial charge in [0.05, 0.1) is 5.69 Å². The van der Waals surface area contributed by atoms with E-state index in [0.29, 0.717) is 5.92 Å². The minimum atomic E-state index is -0.352. The first kappa shape index (κ1) is 16.4. The van der Waals surface area contributed by atoms with Crippen molar-refractivity contribution >= 4 is 5.91 Å². The van der Waals surface area contributed by atoms with Gasteiger partial charge in [-0.2, -0.15) is 0 Å². The summed E-state index contributed by atoms with van der Waals surface area (Å²) < 4.78 is 0. The highest BCUT2D eigenvalue weighted by atomic mass is 16.2. The Bertz CT molecular complexity index is 744. The molecule has 3 rings (SSSR count). The standard InChI is InChI=1S/C18H22N4O2/c1-13-11-22(12-14-5-2-3-8-19-14)10-7-16(13)21-18(24)15-6-4-9-20-17(15)23/h2-6,8-9,13,16H,7,10-12H2,1H3,(H,20,23)(H,21,24). The summed E-state index contributed by atoms with van der Waals surface area (Å²) in [4.78, 5) is 33.3. The zero-order valence-electron chi connectivity index (χ0n) is 13.7. The molecule has 24 heavy (non-hydrogen) atoms. The third kappa shape index (κ3) is 3.89. The topological polar surface area (TPSA) is 78.1 Å². The van der Waals surface area contributed by atoms with E-state index in [-0.39, 0.29) is 23.1 Å². The van der Waals surface area contributed by atoms with Crippen LogP contribution in [0.3, 0.4) is 0 Å². The number of likely N-dealkylation sites (tertiary alicyclic amines) is 1. The van der Waals surface area contributed by atoms with Gasteiger partial charge in [0.2, 0.25) is 0 Å². The molecule has 6 heteroatoms. The fraction of sp³-hybridized carbons (Fsp3) is 0.389. The molecule has 126 valence electrons. The van der Waals surface area contributed by atoms with Crippen molar-refractivity contribution < 1.29 is 4.79 Å². The predicted octanol–water partition coefficient (Wildman–Crippen LogP) is 1.41. The highest BCUT2D eigenvalue weighted by Gasteiger charge is 2.28. The van der Waals surface area contributed by atoms with Crippen molar-refractivity contribution in [2.45, 2.75) is 25.9 Å². The molecule has 2 atom stereocenters. The van der Waals surface area contributed by atoms with E-state index in [0.717, 1.165) is 31.7 Å². The summed E-state index contributed by atoms with van der Waals surface area (Å²) >= 11 is 0. The maximum atomic E-state index is 12.3. The third-order valence-corrected chi connectivity index (χ3v) is 4.48. The van der Waals surface area contributed by atoms with Crippen molar-refractivity contribution in [1.82, 2.24) is 20.2 Å². The summed E-state index contributed by atoms with van der Waals surface area (Å²) in [5, 5.41) is 3.01. The van der Waals surface area contributed by atoms with Crippen LogP contribution in [0.4, 0.5) is 0 Å². The molecule has 1 aliphatic rings. The molecule has 0 aromatic carbocycles. The van der Waals surface area contributed by atoms with Crippen LogP contribution < -0.4 is 10.9 Å². The van der Waals surface area contributed by atoms with Crippen molar-refractivity contribution in [2.75, 3.05) is 13.1 Å². The number of hydrogen-bond acceptors (Lipinski definition) is 4. The summed E-state index contributed by atoms with van der Waals surface area (Å²) in [6.07, 6.45) is 4.20. The first-order chi connectivity index (χ1) is 11.6. The highest BCUT2D eigenvalue weighted by molar-refractivity contribution is 5.93. The fourth-order valence-corrected chi connectivity index (χ4v) is 3.16. The first-order valence-corrected chi connectivity index (χ1v) is 8.24. The molecule has 1 saturated heterocycles. The van der Waals surface area contributed by atoms with Gasteiger partial charge in [0.25, 0.3) is 11.5 Å². The van der Waals surface area contributed by atoms with Gasteiger partial charge in [0, 0.05) is 38.1 Å².